The summed E-state index contributed by atoms with van der Waals surface area (Å²) in [6.07, 6.45) is 5.79. The molecule has 0 aliphatic heterocycles. The molecule has 1 amide bonds. The number of benzene rings is 1. The van der Waals surface area contributed by atoms with Crippen LogP contribution in [0.25, 0.3) is 10.9 Å². The van der Waals surface area contributed by atoms with Crippen molar-refractivity contribution >= 4 is 28.6 Å². The zero-order valence-electron chi connectivity index (χ0n) is 15.8. The molecule has 2 aromatic heterocycles. The van der Waals surface area contributed by atoms with E-state index in [1.165, 1.54) is 11.8 Å². The van der Waals surface area contributed by atoms with E-state index in [0.717, 1.165) is 25.7 Å². The molecule has 1 aliphatic carbocycles. The van der Waals surface area contributed by atoms with Crippen molar-refractivity contribution in [2.24, 2.45) is 0 Å². The maximum absolute atomic E-state index is 13.1. The molecule has 0 unspecified atom stereocenters. The summed E-state index contributed by atoms with van der Waals surface area (Å²) in [4.78, 5) is 30.2. The summed E-state index contributed by atoms with van der Waals surface area (Å²) in [7, 11) is 0. The SMILES string of the molecule is C[C@H](NC(=O)CSc1nc2ccccc2c(=O)n1C1CCCC1)c1ccco1. The maximum Gasteiger partial charge on any atom is 0.262 e. The molecular weight excluding hydrogens is 374 g/mol. The fourth-order valence-electron chi connectivity index (χ4n) is 3.73. The largest absolute Gasteiger partial charge is 0.467 e. The second-order valence-corrected chi connectivity index (χ2v) is 8.06. The van der Waals surface area contributed by atoms with Crippen molar-refractivity contribution in [2.75, 3.05) is 5.75 Å². The minimum atomic E-state index is -0.204. The van der Waals surface area contributed by atoms with E-state index in [2.05, 4.69) is 5.32 Å². The van der Waals surface area contributed by atoms with Gasteiger partial charge in [-0.15, -0.1) is 0 Å². The zero-order chi connectivity index (χ0) is 19.5. The summed E-state index contributed by atoms with van der Waals surface area (Å²) in [5.74, 6) is 0.794. The number of rotatable bonds is 6. The van der Waals surface area contributed by atoms with Crippen molar-refractivity contribution in [3.63, 3.8) is 0 Å². The predicted octanol–water partition coefficient (Wildman–Crippen LogP) is 4.07. The van der Waals surface area contributed by atoms with E-state index < -0.39 is 0 Å². The van der Waals surface area contributed by atoms with E-state index >= 15 is 0 Å². The van der Waals surface area contributed by atoms with Crippen molar-refractivity contribution in [3.05, 3.63) is 58.8 Å². The molecule has 0 saturated heterocycles. The molecule has 1 fully saturated rings. The topological polar surface area (TPSA) is 77.1 Å². The Morgan fingerprint density at radius 2 is 2.07 bits per heavy atom. The normalized spacial score (nSPS) is 15.8. The number of hydrogen-bond donors (Lipinski definition) is 1. The molecular formula is C21H23N3O3S. The van der Waals surface area contributed by atoms with Crippen LogP contribution in [-0.2, 0) is 4.79 Å². The van der Waals surface area contributed by atoms with Crippen LogP contribution in [-0.4, -0.2) is 21.2 Å². The number of amides is 1. The summed E-state index contributed by atoms with van der Waals surface area (Å²) >= 11 is 1.32. The quantitative estimate of drug-likeness (QED) is 0.501. The van der Waals surface area contributed by atoms with Gasteiger partial charge in [0.15, 0.2) is 5.16 Å². The number of aromatic nitrogens is 2. The van der Waals surface area contributed by atoms with Crippen LogP contribution in [0, 0.1) is 0 Å². The summed E-state index contributed by atoms with van der Waals surface area (Å²) in [6.45, 7) is 1.88. The molecule has 0 spiro atoms. The first-order chi connectivity index (χ1) is 13.6. The van der Waals surface area contributed by atoms with Gasteiger partial charge in [0.25, 0.3) is 5.56 Å². The molecule has 6 nitrogen and oxygen atoms in total. The Morgan fingerprint density at radius 3 is 2.82 bits per heavy atom. The Balaban J connectivity index is 1.56. The van der Waals surface area contributed by atoms with E-state index in [0.29, 0.717) is 21.8 Å². The highest BCUT2D eigenvalue weighted by molar-refractivity contribution is 7.99. The molecule has 146 valence electrons. The van der Waals surface area contributed by atoms with Gasteiger partial charge < -0.3 is 9.73 Å². The maximum atomic E-state index is 13.1. The second-order valence-electron chi connectivity index (χ2n) is 7.12. The van der Waals surface area contributed by atoms with Gasteiger partial charge in [0.2, 0.25) is 5.91 Å². The number of carbonyl (C=O) groups excluding carboxylic acids is 1. The standard InChI is InChI=1S/C21H23N3O3S/c1-14(18-11-6-12-27-18)22-19(25)13-28-21-23-17-10-5-4-9-16(17)20(26)24(21)15-7-2-3-8-15/h4-6,9-12,14-15H,2-3,7-8,13H2,1H3,(H,22,25)/t14-/m0/s1. The number of nitrogens with zero attached hydrogens (tertiary/aromatic N) is 2. The summed E-state index contributed by atoms with van der Waals surface area (Å²) in [5, 5.41) is 4.18. The molecule has 1 aromatic carbocycles. The van der Waals surface area contributed by atoms with Crippen LogP contribution in [0.1, 0.15) is 50.5 Å². The van der Waals surface area contributed by atoms with Gasteiger partial charge in [-0.2, -0.15) is 0 Å². The monoisotopic (exact) mass is 397 g/mol. The van der Waals surface area contributed by atoms with Gasteiger partial charge in [0.1, 0.15) is 5.76 Å². The van der Waals surface area contributed by atoms with Crippen LogP contribution in [0.5, 0.6) is 0 Å². The smallest absolute Gasteiger partial charge is 0.262 e. The second kappa shape index (κ2) is 8.22. The number of thioether (sulfide) groups is 1. The third-order valence-corrected chi connectivity index (χ3v) is 6.10. The van der Waals surface area contributed by atoms with Gasteiger partial charge in [0, 0.05) is 6.04 Å². The molecule has 0 radical (unpaired) electrons. The first-order valence-corrected chi connectivity index (χ1v) is 10.6. The van der Waals surface area contributed by atoms with Crippen LogP contribution in [0.4, 0.5) is 0 Å². The lowest BCUT2D eigenvalue weighted by molar-refractivity contribution is -0.119. The minimum Gasteiger partial charge on any atom is -0.467 e. The Labute approximate surface area is 167 Å². The molecule has 1 aliphatic rings. The number of fused-ring (bicyclic) bond motifs is 1. The fourth-order valence-corrected chi connectivity index (χ4v) is 4.61. The molecule has 0 bridgehead atoms. The molecule has 1 atom stereocenters. The molecule has 3 aromatic rings. The third-order valence-electron chi connectivity index (χ3n) is 5.15. The van der Waals surface area contributed by atoms with E-state index in [1.807, 2.05) is 41.8 Å². The van der Waals surface area contributed by atoms with Crippen molar-refractivity contribution in [1.82, 2.24) is 14.9 Å². The van der Waals surface area contributed by atoms with Gasteiger partial charge in [-0.3, -0.25) is 14.2 Å². The zero-order valence-corrected chi connectivity index (χ0v) is 16.6. The van der Waals surface area contributed by atoms with Crippen LogP contribution in [0.2, 0.25) is 0 Å². The molecule has 4 rings (SSSR count). The number of nitrogens with one attached hydrogen (secondary N) is 1. The lowest BCUT2D eigenvalue weighted by Crippen LogP contribution is -2.29. The van der Waals surface area contributed by atoms with Gasteiger partial charge >= 0.3 is 0 Å². The van der Waals surface area contributed by atoms with Crippen LogP contribution >= 0.6 is 11.8 Å². The Kier molecular flexibility index (Phi) is 5.52. The van der Waals surface area contributed by atoms with Crippen LogP contribution in [0.3, 0.4) is 0 Å². The van der Waals surface area contributed by atoms with Crippen molar-refractivity contribution in [3.8, 4) is 0 Å². The van der Waals surface area contributed by atoms with Crippen LogP contribution in [0.15, 0.2) is 57.0 Å². The number of furan rings is 1. The average Bonchev–Trinajstić information content (AvgIpc) is 3.40. The highest BCUT2D eigenvalue weighted by atomic mass is 32.2. The molecule has 1 saturated carbocycles. The lowest BCUT2D eigenvalue weighted by atomic mass is 10.2. The molecule has 1 N–H and O–H groups in total. The van der Waals surface area contributed by atoms with E-state index in [4.69, 9.17) is 9.40 Å². The number of carbonyl (C=O) groups is 1. The van der Waals surface area contributed by atoms with E-state index in [-0.39, 0.29) is 29.3 Å². The average molecular weight is 398 g/mol. The van der Waals surface area contributed by atoms with Gasteiger partial charge in [-0.25, -0.2) is 4.98 Å². The van der Waals surface area contributed by atoms with Gasteiger partial charge in [-0.1, -0.05) is 36.7 Å². The van der Waals surface area contributed by atoms with Crippen LogP contribution < -0.4 is 10.9 Å². The number of hydrogen-bond acceptors (Lipinski definition) is 5. The minimum absolute atomic E-state index is 0.00985. The van der Waals surface area contributed by atoms with Crippen molar-refractivity contribution in [1.29, 1.82) is 0 Å². The van der Waals surface area contributed by atoms with Gasteiger partial charge in [0.05, 0.1) is 29.0 Å². The summed E-state index contributed by atoms with van der Waals surface area (Å²) in [6, 6.07) is 11.0. The Bertz CT molecular complexity index is 1020. The third kappa shape index (κ3) is 3.85. The van der Waals surface area contributed by atoms with E-state index in [1.54, 1.807) is 12.3 Å². The molecule has 7 heteroatoms. The highest BCUT2D eigenvalue weighted by Crippen LogP contribution is 2.32. The van der Waals surface area contributed by atoms with Crippen molar-refractivity contribution in [2.45, 2.75) is 49.8 Å². The molecule has 28 heavy (non-hydrogen) atoms. The highest BCUT2D eigenvalue weighted by Gasteiger charge is 2.23. The number of para-hydroxylation sites is 1. The van der Waals surface area contributed by atoms with Gasteiger partial charge in [-0.05, 0) is 44.0 Å². The Morgan fingerprint density at radius 1 is 1.29 bits per heavy atom. The summed E-state index contributed by atoms with van der Waals surface area (Å²) < 4.78 is 7.14. The van der Waals surface area contributed by atoms with Crippen molar-refractivity contribution < 1.29 is 9.21 Å². The predicted molar refractivity (Wildman–Crippen MR) is 109 cm³/mol. The first-order valence-electron chi connectivity index (χ1n) is 9.60. The summed E-state index contributed by atoms with van der Waals surface area (Å²) in [5.41, 5.74) is 0.665. The lowest BCUT2D eigenvalue weighted by Gasteiger charge is -2.18. The molecule has 2 heterocycles. The fraction of sp³-hybridized carbons (Fsp3) is 0.381. The first kappa shape index (κ1) is 18.8. The Hall–Kier alpha value is -2.54. The van der Waals surface area contributed by atoms with E-state index in [9.17, 15) is 9.59 Å².